The van der Waals surface area contributed by atoms with Crippen LogP contribution in [0.1, 0.15) is 6.42 Å². The van der Waals surface area contributed by atoms with Gasteiger partial charge in [0.1, 0.15) is 0 Å². The molecule has 0 aliphatic heterocycles. The Morgan fingerprint density at radius 1 is 1.23 bits per heavy atom. The molecule has 0 aromatic carbocycles. The van der Waals surface area contributed by atoms with Gasteiger partial charge in [-0.1, -0.05) is 6.72 Å². The molecule has 0 aromatic heterocycles. The average molecular weight is 204 g/mol. The van der Waals surface area contributed by atoms with Crippen LogP contribution in [0.5, 0.6) is 0 Å². The molecule has 0 radical (unpaired) electrons. The van der Waals surface area contributed by atoms with Gasteiger partial charge in [0.2, 0.25) is 5.91 Å². The molecule has 10 heteroatoms. The van der Waals surface area contributed by atoms with Gasteiger partial charge in [0, 0.05) is 0 Å². The quantitative estimate of drug-likeness (QED) is 0.279. The third-order valence-corrected chi connectivity index (χ3v) is 2.80. The van der Waals surface area contributed by atoms with Crippen molar-refractivity contribution in [2.75, 3.05) is 5.75 Å². The number of hydrogen-bond donors (Lipinski definition) is 1. The van der Waals surface area contributed by atoms with Gasteiger partial charge in [-0.05, 0) is 0 Å². The monoisotopic (exact) mass is 204 g/mol. The zero-order chi connectivity index (χ0) is 8.20. The van der Waals surface area contributed by atoms with Gasteiger partial charge < -0.3 is 20.4 Å². The SMILES string of the molecule is NC(=O)CC[S+]=P([O-])([O-])[O-].[Li+].[Li+].[Li+]. The predicted molar refractivity (Wildman–Crippen MR) is 33.0 cm³/mol. The Kier molecular flexibility index (Phi) is 22.0. The second kappa shape index (κ2) is 11.9. The topological polar surface area (TPSA) is 112 Å². The summed E-state index contributed by atoms with van der Waals surface area (Å²) in [5.74, 6) is -0.666. The summed E-state index contributed by atoms with van der Waals surface area (Å²) >= 11 is 0. The first-order chi connectivity index (χ1) is 4.42. The summed E-state index contributed by atoms with van der Waals surface area (Å²) in [5, 5.41) is 0. The Labute approximate surface area is 117 Å². The van der Waals surface area contributed by atoms with Crippen LogP contribution in [-0.2, 0) is 15.7 Å². The molecule has 0 aliphatic rings. The number of carbonyl (C=O) groups excluding carboxylic acids is 1. The van der Waals surface area contributed by atoms with Crippen molar-refractivity contribution in [1.29, 1.82) is 0 Å². The molecule has 60 valence electrons. The molecule has 0 aromatic rings. The van der Waals surface area contributed by atoms with Gasteiger partial charge in [-0.2, -0.15) is 0 Å². The molecule has 2 N–H and O–H groups in total. The van der Waals surface area contributed by atoms with Crippen LogP contribution in [-0.4, -0.2) is 11.7 Å². The van der Waals surface area contributed by atoms with Crippen molar-refractivity contribution in [1.82, 2.24) is 0 Å². The molecule has 0 spiro atoms. The Bertz CT molecular complexity index is 177. The van der Waals surface area contributed by atoms with Crippen LogP contribution in [0.4, 0.5) is 0 Å². The summed E-state index contributed by atoms with van der Waals surface area (Å²) in [6, 6.07) is 0. The van der Waals surface area contributed by atoms with Gasteiger partial charge >= 0.3 is 56.6 Å². The van der Waals surface area contributed by atoms with Crippen LogP contribution in [0.25, 0.3) is 0 Å². The van der Waals surface area contributed by atoms with E-state index in [1.54, 1.807) is 0 Å². The Morgan fingerprint density at radius 2 is 1.62 bits per heavy atom. The fourth-order valence-electron chi connectivity index (χ4n) is 0.258. The minimum atomic E-state index is -4.51. The molecule has 0 fully saturated rings. The first kappa shape index (κ1) is 24.2. The number of amides is 1. The fraction of sp³-hybridized carbons (Fsp3) is 0.667. The van der Waals surface area contributed by atoms with E-state index in [0.717, 1.165) is 0 Å². The number of rotatable bonds is 3. The Morgan fingerprint density at radius 3 is 1.85 bits per heavy atom. The van der Waals surface area contributed by atoms with Crippen LogP contribution in [0.2, 0.25) is 0 Å². The third-order valence-electron chi connectivity index (χ3n) is 0.598. The molecule has 0 rings (SSSR count). The Hall–Kier alpha value is 1.79. The van der Waals surface area contributed by atoms with Crippen molar-refractivity contribution >= 4 is 23.6 Å². The summed E-state index contributed by atoms with van der Waals surface area (Å²) in [7, 11) is 0.206. The largest absolute Gasteiger partial charge is 1.00 e. The van der Waals surface area contributed by atoms with Crippen molar-refractivity contribution in [2.45, 2.75) is 6.42 Å². The van der Waals surface area contributed by atoms with E-state index in [4.69, 9.17) is 0 Å². The molecule has 0 heterocycles. The third kappa shape index (κ3) is 24.8. The molecule has 0 aliphatic carbocycles. The van der Waals surface area contributed by atoms with E-state index in [0.29, 0.717) is 0 Å². The number of primary amides is 1. The van der Waals surface area contributed by atoms with Crippen LogP contribution in [0.15, 0.2) is 0 Å². The van der Waals surface area contributed by atoms with E-state index in [9.17, 15) is 19.5 Å². The van der Waals surface area contributed by atoms with Gasteiger partial charge in [0.25, 0.3) is 0 Å². The van der Waals surface area contributed by atoms with Crippen molar-refractivity contribution in [3.8, 4) is 0 Å². The van der Waals surface area contributed by atoms with Gasteiger partial charge in [-0.25, -0.2) is 0 Å². The van der Waals surface area contributed by atoms with E-state index < -0.39 is 12.6 Å². The summed E-state index contributed by atoms with van der Waals surface area (Å²) in [6.45, 7) is -4.51. The van der Waals surface area contributed by atoms with E-state index in [1.165, 1.54) is 0 Å². The minimum Gasteiger partial charge on any atom is -0.809 e. The molecule has 5 nitrogen and oxygen atoms in total. The van der Waals surface area contributed by atoms with E-state index >= 15 is 0 Å². The first-order valence-corrected chi connectivity index (χ1v) is 5.50. The minimum absolute atomic E-state index is 0. The first-order valence-electron chi connectivity index (χ1n) is 2.37. The maximum Gasteiger partial charge on any atom is 1.00 e. The van der Waals surface area contributed by atoms with Crippen molar-refractivity contribution in [3.63, 3.8) is 0 Å². The van der Waals surface area contributed by atoms with Crippen molar-refractivity contribution in [2.24, 2.45) is 5.73 Å². The maximum atomic E-state index is 10.0. The van der Waals surface area contributed by atoms with Crippen molar-refractivity contribution in [3.05, 3.63) is 0 Å². The van der Waals surface area contributed by atoms with Gasteiger partial charge in [-0.15, -0.1) is 0 Å². The second-order valence-corrected chi connectivity index (χ2v) is 5.17. The number of hydrogen-bond acceptors (Lipinski definition) is 4. The van der Waals surface area contributed by atoms with Gasteiger partial charge in [-0.3, -0.25) is 4.79 Å². The fourth-order valence-corrected chi connectivity index (χ4v) is 1.72. The van der Waals surface area contributed by atoms with E-state index in [-0.39, 0.29) is 79.7 Å². The standard InChI is InChI=1S/C3H6NO4PS.3Li/c4-3(5)1-2-10-9(6,7)8;;;/h1-2H2,(H2-3,4,5,6,7,8);;;/q-2;3*+1. The maximum absolute atomic E-state index is 10.0. The number of nitrogens with two attached hydrogens (primary N) is 1. The van der Waals surface area contributed by atoms with E-state index in [2.05, 4.69) is 5.73 Å². The molecular formula is C3H6Li3NO4PS+. The van der Waals surface area contributed by atoms with E-state index in [1.807, 2.05) is 0 Å². The van der Waals surface area contributed by atoms with Crippen LogP contribution < -0.4 is 77.0 Å². The molecule has 0 atom stereocenters. The van der Waals surface area contributed by atoms with Crippen molar-refractivity contribution < 1.29 is 76.1 Å². The van der Waals surface area contributed by atoms with Crippen LogP contribution in [0, 0.1) is 0 Å². The normalized spacial score (nSPS) is 8.54. The molecular weight excluding hydrogens is 198 g/mol. The molecule has 0 unspecified atom stereocenters. The van der Waals surface area contributed by atoms with Gasteiger partial charge in [0.15, 0.2) is 5.75 Å². The smallest absolute Gasteiger partial charge is 0.809 e. The van der Waals surface area contributed by atoms with Crippen LogP contribution in [0.3, 0.4) is 0 Å². The summed E-state index contributed by atoms with van der Waals surface area (Å²) < 4.78 is 0. The molecule has 0 bridgehead atoms. The number of carbonyl (C=O) groups is 1. The summed E-state index contributed by atoms with van der Waals surface area (Å²) in [6.07, 6.45) is -0.0842. The molecule has 1 amide bonds. The Balaban J connectivity index is -0.000000135. The van der Waals surface area contributed by atoms with Crippen LogP contribution >= 0.6 is 6.72 Å². The molecule has 0 saturated heterocycles. The van der Waals surface area contributed by atoms with Gasteiger partial charge in [0.05, 0.1) is 17.4 Å². The zero-order valence-electron chi connectivity index (χ0n) is 7.98. The molecule has 0 saturated carbocycles. The predicted octanol–water partition coefficient (Wildman–Crippen LogP) is -12.3. The second-order valence-electron chi connectivity index (χ2n) is 1.50. The molecule has 13 heavy (non-hydrogen) atoms. The summed E-state index contributed by atoms with van der Waals surface area (Å²) in [4.78, 5) is 39.7. The average Bonchev–Trinajstić information content (AvgIpc) is 1.59. The zero-order valence-corrected chi connectivity index (χ0v) is 9.69. The summed E-state index contributed by atoms with van der Waals surface area (Å²) in [5.41, 5.74) is 4.68.